The number of hydrogen-bond acceptors (Lipinski definition) is 2. The predicted molar refractivity (Wildman–Crippen MR) is 114 cm³/mol. The molecule has 0 aromatic heterocycles. The zero-order chi connectivity index (χ0) is 17.4. The van der Waals surface area contributed by atoms with Crippen LogP contribution in [0.4, 0.5) is 0 Å². The summed E-state index contributed by atoms with van der Waals surface area (Å²) >= 11 is 0. The molecule has 2 rings (SSSR count). The number of guanidine groups is 1. The van der Waals surface area contributed by atoms with Gasteiger partial charge in [-0.2, -0.15) is 0 Å². The highest BCUT2D eigenvalue weighted by Crippen LogP contribution is 2.10. The third kappa shape index (κ3) is 6.84. The van der Waals surface area contributed by atoms with E-state index in [1.165, 1.54) is 11.1 Å². The van der Waals surface area contributed by atoms with Gasteiger partial charge in [-0.3, -0.25) is 9.79 Å². The van der Waals surface area contributed by atoms with Crippen molar-refractivity contribution in [3.05, 3.63) is 35.4 Å². The van der Waals surface area contributed by atoms with E-state index in [2.05, 4.69) is 53.3 Å². The number of benzene rings is 1. The minimum atomic E-state index is 0. The van der Waals surface area contributed by atoms with Crippen LogP contribution in [0.25, 0.3) is 0 Å². The molecule has 1 aliphatic heterocycles. The number of amides is 1. The maximum absolute atomic E-state index is 12.1. The minimum Gasteiger partial charge on any atom is -0.357 e. The number of carbonyl (C=O) groups excluding carboxylic acids is 1. The maximum Gasteiger partial charge on any atom is 0.224 e. The second-order valence-corrected chi connectivity index (χ2v) is 6.36. The summed E-state index contributed by atoms with van der Waals surface area (Å²) in [5.41, 5.74) is 2.57. The molecule has 0 radical (unpaired) electrons. The van der Waals surface area contributed by atoms with Crippen molar-refractivity contribution in [3.8, 4) is 0 Å². The lowest BCUT2D eigenvalue weighted by atomic mass is 10.1. The summed E-state index contributed by atoms with van der Waals surface area (Å²) in [4.78, 5) is 20.8. The Morgan fingerprint density at radius 2 is 1.96 bits per heavy atom. The predicted octanol–water partition coefficient (Wildman–Crippen LogP) is 3.02. The molecule has 1 fully saturated rings. The number of likely N-dealkylation sites (tertiary alicyclic amines) is 1. The first-order valence-electron chi connectivity index (χ1n) is 8.93. The number of rotatable bonds is 6. The monoisotopic (exact) mass is 458 g/mol. The van der Waals surface area contributed by atoms with E-state index in [1.807, 2.05) is 11.9 Å². The lowest BCUT2D eigenvalue weighted by Gasteiger charge is -2.23. The number of aliphatic imine (C=N–C) groups is 1. The quantitative estimate of drug-likeness (QED) is 0.405. The van der Waals surface area contributed by atoms with Crippen molar-refractivity contribution in [1.29, 1.82) is 0 Å². The Morgan fingerprint density at radius 3 is 2.60 bits per heavy atom. The lowest BCUT2D eigenvalue weighted by Crippen LogP contribution is -2.39. The first kappa shape index (κ1) is 21.7. The molecule has 0 saturated carbocycles. The van der Waals surface area contributed by atoms with Crippen LogP contribution in [0.5, 0.6) is 0 Å². The Balaban J connectivity index is 0.00000312. The average Bonchev–Trinajstić information content (AvgIpc) is 3.10. The number of carbonyl (C=O) groups is 1. The van der Waals surface area contributed by atoms with Gasteiger partial charge in [0.1, 0.15) is 0 Å². The molecule has 1 aromatic rings. The van der Waals surface area contributed by atoms with Gasteiger partial charge in [-0.25, -0.2) is 0 Å². The van der Waals surface area contributed by atoms with Crippen LogP contribution in [0.2, 0.25) is 0 Å². The van der Waals surface area contributed by atoms with Crippen LogP contribution in [0, 0.1) is 6.92 Å². The summed E-state index contributed by atoms with van der Waals surface area (Å²) in [6.45, 7) is 8.17. The van der Waals surface area contributed by atoms with Crippen molar-refractivity contribution in [2.45, 2.75) is 39.7 Å². The van der Waals surface area contributed by atoms with E-state index in [9.17, 15) is 4.79 Å². The number of nitrogens with one attached hydrogen (secondary N) is 1. The van der Waals surface area contributed by atoms with Crippen LogP contribution < -0.4 is 5.32 Å². The van der Waals surface area contributed by atoms with Gasteiger partial charge >= 0.3 is 0 Å². The largest absolute Gasteiger partial charge is 0.357 e. The summed E-state index contributed by atoms with van der Waals surface area (Å²) in [5.74, 6) is 1.09. The molecular formula is C19H31IN4O. The number of halogens is 1. The van der Waals surface area contributed by atoms with Crippen LogP contribution in [0.15, 0.2) is 29.3 Å². The smallest absolute Gasteiger partial charge is 0.224 e. The Labute approximate surface area is 168 Å². The Morgan fingerprint density at radius 1 is 1.28 bits per heavy atom. The SMILES string of the molecule is CCNC(=NCCC(=O)N1CCCC1)N(C)Cc1ccccc1C.I. The molecule has 6 heteroatoms. The number of hydrogen-bond donors (Lipinski definition) is 1. The van der Waals surface area contributed by atoms with E-state index >= 15 is 0 Å². The van der Waals surface area contributed by atoms with Crippen molar-refractivity contribution in [2.75, 3.05) is 33.2 Å². The second kappa shape index (κ2) is 11.3. The first-order valence-corrected chi connectivity index (χ1v) is 8.93. The summed E-state index contributed by atoms with van der Waals surface area (Å²) in [6, 6.07) is 8.39. The Hall–Kier alpha value is -1.31. The normalized spacial score (nSPS) is 14.2. The lowest BCUT2D eigenvalue weighted by molar-refractivity contribution is -0.129. The highest BCUT2D eigenvalue weighted by Gasteiger charge is 2.17. The molecule has 1 amide bonds. The van der Waals surface area contributed by atoms with Crippen molar-refractivity contribution in [3.63, 3.8) is 0 Å². The molecule has 5 nitrogen and oxygen atoms in total. The van der Waals surface area contributed by atoms with E-state index in [-0.39, 0.29) is 29.9 Å². The fraction of sp³-hybridized carbons (Fsp3) is 0.579. The van der Waals surface area contributed by atoms with Gasteiger partial charge in [0, 0.05) is 39.6 Å². The fourth-order valence-electron chi connectivity index (χ4n) is 2.97. The molecule has 140 valence electrons. The van der Waals surface area contributed by atoms with Crippen molar-refractivity contribution in [2.24, 2.45) is 4.99 Å². The average molecular weight is 458 g/mol. The van der Waals surface area contributed by atoms with Gasteiger partial charge in [0.05, 0.1) is 6.54 Å². The standard InChI is InChI=1S/C19H30N4O.HI/c1-4-20-19(21-12-11-18(24)23-13-7-8-14-23)22(3)15-17-10-6-5-9-16(17)2;/h5-6,9-10H,4,7-8,11-15H2,1-3H3,(H,20,21);1H. The van der Waals surface area contributed by atoms with Crippen LogP contribution >= 0.6 is 24.0 Å². The molecule has 1 aliphatic rings. The van der Waals surface area contributed by atoms with Crippen LogP contribution in [-0.2, 0) is 11.3 Å². The molecule has 0 spiro atoms. The molecule has 25 heavy (non-hydrogen) atoms. The van der Waals surface area contributed by atoms with Crippen molar-refractivity contribution < 1.29 is 4.79 Å². The zero-order valence-corrected chi connectivity index (χ0v) is 18.0. The van der Waals surface area contributed by atoms with E-state index in [0.29, 0.717) is 13.0 Å². The van der Waals surface area contributed by atoms with Crippen molar-refractivity contribution in [1.82, 2.24) is 15.1 Å². The molecule has 1 heterocycles. The van der Waals surface area contributed by atoms with Gasteiger partial charge in [-0.1, -0.05) is 24.3 Å². The summed E-state index contributed by atoms with van der Waals surface area (Å²) in [7, 11) is 2.04. The molecule has 0 unspecified atom stereocenters. The van der Waals surface area contributed by atoms with E-state index in [0.717, 1.165) is 45.0 Å². The summed E-state index contributed by atoms with van der Waals surface area (Å²) in [6.07, 6.45) is 2.76. The molecular weight excluding hydrogens is 427 g/mol. The van der Waals surface area contributed by atoms with E-state index in [4.69, 9.17) is 0 Å². The van der Waals surface area contributed by atoms with Gasteiger partial charge in [0.2, 0.25) is 5.91 Å². The zero-order valence-electron chi connectivity index (χ0n) is 15.6. The summed E-state index contributed by atoms with van der Waals surface area (Å²) < 4.78 is 0. The van der Waals surface area contributed by atoms with E-state index in [1.54, 1.807) is 0 Å². The molecule has 0 bridgehead atoms. The van der Waals surface area contributed by atoms with E-state index < -0.39 is 0 Å². The Bertz CT molecular complexity index is 570. The summed E-state index contributed by atoms with van der Waals surface area (Å²) in [5, 5.41) is 3.32. The van der Waals surface area contributed by atoms with Crippen molar-refractivity contribution >= 4 is 35.8 Å². The Kier molecular flexibility index (Phi) is 9.85. The van der Waals surface area contributed by atoms with Gasteiger partial charge in [-0.05, 0) is 37.8 Å². The molecule has 1 aromatic carbocycles. The minimum absolute atomic E-state index is 0. The molecule has 0 atom stereocenters. The number of nitrogens with zero attached hydrogens (tertiary/aromatic N) is 3. The highest BCUT2D eigenvalue weighted by atomic mass is 127. The first-order chi connectivity index (χ1) is 11.6. The third-order valence-electron chi connectivity index (χ3n) is 4.41. The van der Waals surface area contributed by atoms with Crippen LogP contribution in [0.3, 0.4) is 0 Å². The second-order valence-electron chi connectivity index (χ2n) is 6.36. The maximum atomic E-state index is 12.1. The molecule has 1 saturated heterocycles. The fourth-order valence-corrected chi connectivity index (χ4v) is 2.97. The van der Waals surface area contributed by atoms with Crippen LogP contribution in [-0.4, -0.2) is 54.9 Å². The van der Waals surface area contributed by atoms with Gasteiger partial charge in [0.25, 0.3) is 0 Å². The molecule has 1 N–H and O–H groups in total. The van der Waals surface area contributed by atoms with Gasteiger partial charge in [0.15, 0.2) is 5.96 Å². The number of aryl methyl sites for hydroxylation is 1. The highest BCUT2D eigenvalue weighted by molar-refractivity contribution is 14.0. The van der Waals surface area contributed by atoms with Gasteiger partial charge < -0.3 is 15.1 Å². The van der Waals surface area contributed by atoms with Crippen LogP contribution in [0.1, 0.15) is 37.3 Å². The topological polar surface area (TPSA) is 47.9 Å². The molecule has 0 aliphatic carbocycles. The van der Waals surface area contributed by atoms with Gasteiger partial charge in [-0.15, -0.1) is 24.0 Å². The third-order valence-corrected chi connectivity index (χ3v) is 4.41.